The Kier molecular flexibility index (Phi) is 3.60. The first-order chi connectivity index (χ1) is 10.1. The molecule has 0 aromatic heterocycles. The van der Waals surface area contributed by atoms with Crippen LogP contribution in [-0.4, -0.2) is 17.3 Å². The minimum absolute atomic E-state index is 0.337. The number of fused-ring (bicyclic) bond motifs is 1. The maximum atomic E-state index is 11.2. The fourth-order valence-electron chi connectivity index (χ4n) is 2.43. The summed E-state index contributed by atoms with van der Waals surface area (Å²) in [4.78, 5) is 11.2. The molecule has 0 aliphatic carbocycles. The molecule has 5 heteroatoms. The molecule has 2 unspecified atom stereocenters. The molecule has 0 spiro atoms. The second-order valence-corrected chi connectivity index (χ2v) is 4.96. The highest BCUT2D eigenvalue weighted by molar-refractivity contribution is 5.93. The van der Waals surface area contributed by atoms with Gasteiger partial charge in [-0.2, -0.15) is 0 Å². The van der Waals surface area contributed by atoms with E-state index in [-0.39, 0.29) is 6.04 Å². The van der Waals surface area contributed by atoms with Gasteiger partial charge in [0.25, 0.3) is 0 Å². The molecule has 0 saturated heterocycles. The summed E-state index contributed by atoms with van der Waals surface area (Å²) in [5.41, 5.74) is 7.44. The molecule has 2 aromatic carbocycles. The molecule has 2 aromatic rings. The van der Waals surface area contributed by atoms with Gasteiger partial charge >= 0.3 is 0 Å². The van der Waals surface area contributed by atoms with Crippen LogP contribution in [-0.2, 0) is 6.54 Å². The molecule has 1 amide bonds. The SMILES string of the molecule is NC(=O)c1ccc2c(c1)OC(O)C(c1ccccc1)NC2. The Morgan fingerprint density at radius 2 is 2.00 bits per heavy atom. The molecular formula is C16H16N2O3. The minimum Gasteiger partial charge on any atom is -0.463 e. The van der Waals surface area contributed by atoms with E-state index in [0.29, 0.717) is 17.9 Å². The average Bonchev–Trinajstić information content (AvgIpc) is 2.65. The molecular weight excluding hydrogens is 268 g/mol. The number of aliphatic hydroxyl groups excluding tert-OH is 1. The number of aliphatic hydroxyl groups is 1. The fraction of sp³-hybridized carbons (Fsp3) is 0.188. The molecule has 2 atom stereocenters. The Bertz CT molecular complexity index is 658. The monoisotopic (exact) mass is 284 g/mol. The topological polar surface area (TPSA) is 84.6 Å². The first-order valence-electron chi connectivity index (χ1n) is 6.71. The second-order valence-electron chi connectivity index (χ2n) is 4.96. The maximum absolute atomic E-state index is 11.2. The van der Waals surface area contributed by atoms with Crippen LogP contribution in [0.4, 0.5) is 0 Å². The third-order valence-electron chi connectivity index (χ3n) is 3.56. The second kappa shape index (κ2) is 5.55. The van der Waals surface area contributed by atoms with Crippen LogP contribution < -0.4 is 15.8 Å². The van der Waals surface area contributed by atoms with Gasteiger partial charge in [-0.1, -0.05) is 36.4 Å². The van der Waals surface area contributed by atoms with Crippen molar-refractivity contribution in [1.29, 1.82) is 0 Å². The predicted octanol–water partition coefficient (Wildman–Crippen LogP) is 1.33. The van der Waals surface area contributed by atoms with E-state index < -0.39 is 12.2 Å². The van der Waals surface area contributed by atoms with E-state index in [1.165, 1.54) is 0 Å². The normalized spacial score (nSPS) is 21.0. The third kappa shape index (κ3) is 2.74. The summed E-state index contributed by atoms with van der Waals surface area (Å²) in [7, 11) is 0. The fourth-order valence-corrected chi connectivity index (χ4v) is 2.43. The lowest BCUT2D eigenvalue weighted by Gasteiger charge is -2.21. The average molecular weight is 284 g/mol. The number of carbonyl (C=O) groups excluding carboxylic acids is 1. The Hall–Kier alpha value is -2.37. The largest absolute Gasteiger partial charge is 0.463 e. The molecule has 3 rings (SSSR count). The summed E-state index contributed by atoms with van der Waals surface area (Å²) in [6.45, 7) is 0.533. The van der Waals surface area contributed by atoms with Crippen LogP contribution in [0.25, 0.3) is 0 Å². The van der Waals surface area contributed by atoms with Gasteiger partial charge in [0, 0.05) is 17.7 Å². The van der Waals surface area contributed by atoms with Crippen LogP contribution >= 0.6 is 0 Å². The van der Waals surface area contributed by atoms with Crippen molar-refractivity contribution in [1.82, 2.24) is 5.32 Å². The Labute approximate surface area is 122 Å². The van der Waals surface area contributed by atoms with E-state index >= 15 is 0 Å². The van der Waals surface area contributed by atoms with Gasteiger partial charge in [0.15, 0.2) is 0 Å². The highest BCUT2D eigenvalue weighted by Crippen LogP contribution is 2.29. The Balaban J connectivity index is 1.90. The predicted molar refractivity (Wildman–Crippen MR) is 77.6 cm³/mol. The van der Waals surface area contributed by atoms with Gasteiger partial charge in [0.2, 0.25) is 12.2 Å². The smallest absolute Gasteiger partial charge is 0.248 e. The first-order valence-corrected chi connectivity index (χ1v) is 6.71. The summed E-state index contributed by atoms with van der Waals surface area (Å²) in [5, 5.41) is 13.5. The summed E-state index contributed by atoms with van der Waals surface area (Å²) >= 11 is 0. The van der Waals surface area contributed by atoms with Crippen molar-refractivity contribution < 1.29 is 14.6 Å². The molecule has 0 bridgehead atoms. The number of rotatable bonds is 2. The number of benzene rings is 2. The van der Waals surface area contributed by atoms with E-state index in [1.807, 2.05) is 30.3 Å². The zero-order valence-corrected chi connectivity index (χ0v) is 11.3. The van der Waals surface area contributed by atoms with Crippen LogP contribution in [0.3, 0.4) is 0 Å². The summed E-state index contributed by atoms with van der Waals surface area (Å²) in [5.74, 6) is -0.0440. The standard InChI is InChI=1S/C16H16N2O3/c17-15(19)11-6-7-12-9-18-14(10-4-2-1-3-5-10)16(20)21-13(12)8-11/h1-8,14,16,18,20H,9H2,(H2,17,19). The highest BCUT2D eigenvalue weighted by Gasteiger charge is 2.27. The zero-order chi connectivity index (χ0) is 14.8. The van der Waals surface area contributed by atoms with Gasteiger partial charge in [-0.25, -0.2) is 0 Å². The van der Waals surface area contributed by atoms with Crippen LogP contribution in [0.2, 0.25) is 0 Å². The Morgan fingerprint density at radius 1 is 1.24 bits per heavy atom. The Morgan fingerprint density at radius 3 is 2.71 bits per heavy atom. The van der Waals surface area contributed by atoms with Crippen LogP contribution in [0.5, 0.6) is 5.75 Å². The lowest BCUT2D eigenvalue weighted by molar-refractivity contribution is -0.0424. The van der Waals surface area contributed by atoms with Crippen molar-refractivity contribution in [2.45, 2.75) is 18.9 Å². The lowest BCUT2D eigenvalue weighted by atomic mass is 10.1. The van der Waals surface area contributed by atoms with E-state index in [9.17, 15) is 9.90 Å². The quantitative estimate of drug-likeness (QED) is 0.776. The number of nitrogens with two attached hydrogens (primary N) is 1. The lowest BCUT2D eigenvalue weighted by Crippen LogP contribution is -2.32. The van der Waals surface area contributed by atoms with Crippen molar-refractivity contribution in [3.8, 4) is 5.75 Å². The summed E-state index contributed by atoms with van der Waals surface area (Å²) in [6.07, 6.45) is -1.04. The number of nitrogens with one attached hydrogen (secondary N) is 1. The molecule has 0 saturated carbocycles. The number of ether oxygens (including phenoxy) is 1. The molecule has 0 fully saturated rings. The van der Waals surface area contributed by atoms with Crippen molar-refractivity contribution in [3.05, 3.63) is 65.2 Å². The summed E-state index contributed by atoms with van der Waals surface area (Å²) < 4.78 is 5.60. The molecule has 1 aliphatic heterocycles. The highest BCUT2D eigenvalue weighted by atomic mass is 16.6. The van der Waals surface area contributed by atoms with Gasteiger partial charge in [-0.05, 0) is 17.7 Å². The number of amides is 1. The van der Waals surface area contributed by atoms with Gasteiger partial charge in [-0.15, -0.1) is 0 Å². The number of hydrogen-bond donors (Lipinski definition) is 3. The molecule has 5 nitrogen and oxygen atoms in total. The van der Waals surface area contributed by atoms with Crippen molar-refractivity contribution in [3.63, 3.8) is 0 Å². The minimum atomic E-state index is -1.04. The molecule has 108 valence electrons. The molecule has 1 heterocycles. The van der Waals surface area contributed by atoms with Crippen molar-refractivity contribution in [2.75, 3.05) is 0 Å². The molecule has 4 N–H and O–H groups in total. The van der Waals surface area contributed by atoms with Crippen molar-refractivity contribution in [2.24, 2.45) is 5.73 Å². The van der Waals surface area contributed by atoms with Gasteiger partial charge in [0.05, 0.1) is 6.04 Å². The van der Waals surface area contributed by atoms with Crippen molar-refractivity contribution >= 4 is 5.91 Å². The van der Waals surface area contributed by atoms with Crippen LogP contribution in [0, 0.1) is 0 Å². The van der Waals surface area contributed by atoms with Gasteiger partial charge < -0.3 is 20.9 Å². The van der Waals surface area contributed by atoms with Gasteiger partial charge in [-0.3, -0.25) is 4.79 Å². The van der Waals surface area contributed by atoms with E-state index in [2.05, 4.69) is 5.32 Å². The summed E-state index contributed by atoms with van der Waals surface area (Å²) in [6, 6.07) is 14.3. The third-order valence-corrected chi connectivity index (χ3v) is 3.56. The van der Waals surface area contributed by atoms with E-state index in [4.69, 9.17) is 10.5 Å². The first kappa shape index (κ1) is 13.6. The number of carbonyl (C=O) groups is 1. The van der Waals surface area contributed by atoms with E-state index in [0.717, 1.165) is 11.1 Å². The van der Waals surface area contributed by atoms with Crippen LogP contribution in [0.1, 0.15) is 27.5 Å². The van der Waals surface area contributed by atoms with E-state index in [1.54, 1.807) is 18.2 Å². The molecule has 0 radical (unpaired) electrons. The number of hydrogen-bond acceptors (Lipinski definition) is 4. The molecule has 1 aliphatic rings. The number of primary amides is 1. The maximum Gasteiger partial charge on any atom is 0.248 e. The van der Waals surface area contributed by atoms with Gasteiger partial charge in [0.1, 0.15) is 5.75 Å². The zero-order valence-electron chi connectivity index (χ0n) is 11.3. The van der Waals surface area contributed by atoms with Crippen LogP contribution in [0.15, 0.2) is 48.5 Å². The molecule has 21 heavy (non-hydrogen) atoms.